The highest BCUT2D eigenvalue weighted by molar-refractivity contribution is 5.91. The first-order valence-electron chi connectivity index (χ1n) is 7.53. The zero-order valence-corrected chi connectivity index (χ0v) is 13.1. The Bertz CT molecular complexity index is 902. The van der Waals surface area contributed by atoms with Crippen molar-refractivity contribution in [2.75, 3.05) is 5.32 Å². The number of carbonyl (C=O) groups is 1. The lowest BCUT2D eigenvalue weighted by Crippen LogP contribution is -2.33. The van der Waals surface area contributed by atoms with E-state index in [1.807, 2.05) is 36.4 Å². The molecule has 0 spiro atoms. The van der Waals surface area contributed by atoms with E-state index in [1.165, 1.54) is 18.4 Å². The molecule has 124 valence electrons. The van der Waals surface area contributed by atoms with Crippen LogP contribution in [0.25, 0.3) is 0 Å². The van der Waals surface area contributed by atoms with Gasteiger partial charge in [0, 0.05) is 0 Å². The smallest absolute Gasteiger partial charge is 0.320 e. The van der Waals surface area contributed by atoms with Gasteiger partial charge in [0.25, 0.3) is 0 Å². The third-order valence-electron chi connectivity index (χ3n) is 3.59. The summed E-state index contributed by atoms with van der Waals surface area (Å²) in [5.74, 6) is 0.0289. The second kappa shape index (κ2) is 7.32. The van der Waals surface area contributed by atoms with Crippen molar-refractivity contribution in [2.45, 2.75) is 6.04 Å². The lowest BCUT2D eigenvalue weighted by molar-refractivity contribution is 0.248. The number of nitriles is 1. The molecule has 0 bridgehead atoms. The van der Waals surface area contributed by atoms with Crippen LogP contribution in [0.15, 0.2) is 71.3 Å². The number of anilines is 1. The number of furan rings is 1. The van der Waals surface area contributed by atoms with Gasteiger partial charge in [0.15, 0.2) is 0 Å². The minimum atomic E-state index is -0.541. The molecule has 1 heterocycles. The molecule has 2 amide bonds. The van der Waals surface area contributed by atoms with Gasteiger partial charge < -0.3 is 15.1 Å². The maximum atomic E-state index is 13.2. The predicted octanol–water partition coefficient (Wildman–Crippen LogP) is 4.20. The summed E-state index contributed by atoms with van der Waals surface area (Å²) in [4.78, 5) is 12.4. The van der Waals surface area contributed by atoms with Crippen molar-refractivity contribution in [1.29, 1.82) is 5.26 Å². The van der Waals surface area contributed by atoms with Gasteiger partial charge in [0.2, 0.25) is 0 Å². The van der Waals surface area contributed by atoms with E-state index in [0.29, 0.717) is 5.76 Å². The van der Waals surface area contributed by atoms with Crippen molar-refractivity contribution < 1.29 is 13.6 Å². The average Bonchev–Trinajstić information content (AvgIpc) is 3.16. The average molecular weight is 335 g/mol. The van der Waals surface area contributed by atoms with Crippen molar-refractivity contribution in [1.82, 2.24) is 5.32 Å². The molecule has 25 heavy (non-hydrogen) atoms. The quantitative estimate of drug-likeness (QED) is 0.750. The van der Waals surface area contributed by atoms with Crippen LogP contribution in [0.5, 0.6) is 0 Å². The molecule has 6 heteroatoms. The molecule has 2 N–H and O–H groups in total. The zero-order chi connectivity index (χ0) is 17.6. The highest BCUT2D eigenvalue weighted by Gasteiger charge is 2.19. The molecule has 1 aromatic heterocycles. The van der Waals surface area contributed by atoms with Gasteiger partial charge in [-0.15, -0.1) is 0 Å². The van der Waals surface area contributed by atoms with Gasteiger partial charge in [0.1, 0.15) is 23.7 Å². The lowest BCUT2D eigenvalue weighted by Gasteiger charge is -2.18. The van der Waals surface area contributed by atoms with Crippen LogP contribution < -0.4 is 10.6 Å². The molecule has 0 aliphatic rings. The van der Waals surface area contributed by atoms with E-state index >= 15 is 0 Å². The summed E-state index contributed by atoms with van der Waals surface area (Å²) < 4.78 is 18.6. The van der Waals surface area contributed by atoms with Gasteiger partial charge in [-0.2, -0.15) is 5.26 Å². The van der Waals surface area contributed by atoms with E-state index in [0.717, 1.165) is 11.6 Å². The van der Waals surface area contributed by atoms with Crippen LogP contribution in [0.3, 0.4) is 0 Å². The summed E-state index contributed by atoms with van der Waals surface area (Å²) >= 11 is 0. The summed E-state index contributed by atoms with van der Waals surface area (Å²) in [6.45, 7) is 0. The Hall–Kier alpha value is -3.59. The number of nitrogens with one attached hydrogen (secondary N) is 2. The molecule has 3 aromatic rings. The molecule has 1 unspecified atom stereocenters. The fourth-order valence-corrected chi connectivity index (χ4v) is 2.43. The second-order valence-corrected chi connectivity index (χ2v) is 5.26. The van der Waals surface area contributed by atoms with Crippen molar-refractivity contribution in [2.24, 2.45) is 0 Å². The van der Waals surface area contributed by atoms with Crippen LogP contribution in [-0.4, -0.2) is 6.03 Å². The van der Waals surface area contributed by atoms with E-state index < -0.39 is 17.9 Å². The third kappa shape index (κ3) is 3.85. The molecule has 0 aliphatic heterocycles. The normalized spacial score (nSPS) is 11.4. The lowest BCUT2D eigenvalue weighted by atomic mass is 10.0. The van der Waals surface area contributed by atoms with Gasteiger partial charge in [-0.3, -0.25) is 0 Å². The number of hydrogen-bond acceptors (Lipinski definition) is 3. The van der Waals surface area contributed by atoms with E-state index in [9.17, 15) is 9.18 Å². The highest BCUT2D eigenvalue weighted by atomic mass is 19.1. The zero-order valence-electron chi connectivity index (χ0n) is 13.1. The molecule has 3 rings (SSSR count). The Labute approximate surface area is 143 Å². The Kier molecular flexibility index (Phi) is 4.77. The SMILES string of the molecule is N#Cc1cc(F)ccc1NC(=O)NC(c1ccccc1)c1ccco1. The predicted molar refractivity (Wildman–Crippen MR) is 90.3 cm³/mol. The maximum Gasteiger partial charge on any atom is 0.320 e. The van der Waals surface area contributed by atoms with Crippen LogP contribution in [0, 0.1) is 17.1 Å². The summed E-state index contributed by atoms with van der Waals surface area (Å²) in [5.41, 5.74) is 1.12. The first-order chi connectivity index (χ1) is 12.2. The van der Waals surface area contributed by atoms with E-state index in [4.69, 9.17) is 9.68 Å². The number of hydrogen-bond donors (Lipinski definition) is 2. The van der Waals surface area contributed by atoms with Crippen LogP contribution in [0.1, 0.15) is 22.9 Å². The number of halogens is 1. The van der Waals surface area contributed by atoms with Gasteiger partial charge in [-0.05, 0) is 35.9 Å². The summed E-state index contributed by atoms with van der Waals surface area (Å²) in [5, 5.41) is 14.4. The fraction of sp³-hybridized carbons (Fsp3) is 0.0526. The van der Waals surface area contributed by atoms with Gasteiger partial charge in [-0.1, -0.05) is 30.3 Å². The third-order valence-corrected chi connectivity index (χ3v) is 3.59. The molecule has 0 saturated carbocycles. The first kappa shape index (κ1) is 16.3. The Morgan fingerprint density at radius 1 is 1.12 bits per heavy atom. The van der Waals surface area contributed by atoms with Crippen molar-refractivity contribution >= 4 is 11.7 Å². The van der Waals surface area contributed by atoms with Gasteiger partial charge >= 0.3 is 6.03 Å². The monoisotopic (exact) mass is 335 g/mol. The standard InChI is InChI=1S/C19H14FN3O2/c20-15-8-9-16(14(11-15)12-21)22-19(24)23-18(17-7-4-10-25-17)13-5-2-1-3-6-13/h1-11,18H,(H2,22,23,24). The van der Waals surface area contributed by atoms with Crippen LogP contribution in [0.4, 0.5) is 14.9 Å². The van der Waals surface area contributed by atoms with Crippen molar-refractivity contribution in [3.8, 4) is 6.07 Å². The van der Waals surface area contributed by atoms with E-state index in [-0.39, 0.29) is 11.3 Å². The summed E-state index contributed by atoms with van der Waals surface area (Å²) in [7, 11) is 0. The minimum absolute atomic E-state index is 0.0457. The highest BCUT2D eigenvalue weighted by Crippen LogP contribution is 2.23. The number of benzene rings is 2. The molecular formula is C19H14FN3O2. The molecular weight excluding hydrogens is 321 g/mol. The van der Waals surface area contributed by atoms with E-state index in [1.54, 1.807) is 12.1 Å². The largest absolute Gasteiger partial charge is 0.467 e. The topological polar surface area (TPSA) is 78.1 Å². The fourth-order valence-electron chi connectivity index (χ4n) is 2.43. The molecule has 0 aliphatic carbocycles. The van der Waals surface area contributed by atoms with Crippen molar-refractivity contribution in [3.63, 3.8) is 0 Å². The summed E-state index contributed by atoms with van der Waals surface area (Å²) in [6, 6.07) is 17.2. The van der Waals surface area contributed by atoms with E-state index in [2.05, 4.69) is 10.6 Å². The molecule has 1 atom stereocenters. The number of nitrogens with zero attached hydrogens (tertiary/aromatic N) is 1. The molecule has 2 aromatic carbocycles. The van der Waals surface area contributed by atoms with Gasteiger partial charge in [-0.25, -0.2) is 9.18 Å². The Morgan fingerprint density at radius 2 is 1.92 bits per heavy atom. The van der Waals surface area contributed by atoms with Crippen LogP contribution in [-0.2, 0) is 0 Å². The minimum Gasteiger partial charge on any atom is -0.467 e. The Morgan fingerprint density at radius 3 is 2.60 bits per heavy atom. The molecule has 0 saturated heterocycles. The number of urea groups is 1. The second-order valence-electron chi connectivity index (χ2n) is 5.26. The molecule has 0 fully saturated rings. The summed E-state index contributed by atoms with van der Waals surface area (Å²) in [6.07, 6.45) is 1.53. The number of carbonyl (C=O) groups excluding carboxylic acids is 1. The van der Waals surface area contributed by atoms with Crippen LogP contribution in [0.2, 0.25) is 0 Å². The Balaban J connectivity index is 1.81. The number of amides is 2. The molecule has 0 radical (unpaired) electrons. The van der Waals surface area contributed by atoms with Crippen molar-refractivity contribution in [3.05, 3.63) is 89.6 Å². The number of rotatable bonds is 4. The molecule has 5 nitrogen and oxygen atoms in total. The maximum absolute atomic E-state index is 13.2. The van der Waals surface area contributed by atoms with Crippen LogP contribution >= 0.6 is 0 Å². The first-order valence-corrected chi connectivity index (χ1v) is 7.53. The van der Waals surface area contributed by atoms with Gasteiger partial charge in [0.05, 0.1) is 17.5 Å².